The average molecular weight is 382 g/mol. The molecule has 0 aromatic heterocycles. The van der Waals surface area contributed by atoms with Gasteiger partial charge in [-0.05, 0) is 64.7 Å². The minimum absolute atomic E-state index is 0.117. The highest BCUT2D eigenvalue weighted by Crippen LogP contribution is 2.87. The molecule has 2 fully saturated rings. The van der Waals surface area contributed by atoms with Crippen LogP contribution in [0.4, 0.5) is 0 Å². The van der Waals surface area contributed by atoms with Crippen LogP contribution < -0.4 is 0 Å². The summed E-state index contributed by atoms with van der Waals surface area (Å²) in [4.78, 5) is 0. The number of hydrogen-bond acceptors (Lipinski definition) is 2. The van der Waals surface area contributed by atoms with E-state index in [-0.39, 0.29) is 11.3 Å². The third-order valence-corrected chi connectivity index (χ3v) is 20.0. The van der Waals surface area contributed by atoms with Crippen molar-refractivity contribution in [1.82, 2.24) is 0 Å². The molecule has 0 radical (unpaired) electrons. The van der Waals surface area contributed by atoms with Crippen molar-refractivity contribution in [2.75, 3.05) is 0 Å². The molecule has 22 heavy (non-hydrogen) atoms. The quantitative estimate of drug-likeness (QED) is 0.316. The largest absolute Gasteiger partial charge is 0.393 e. The first kappa shape index (κ1) is 19.8. The first-order valence-electron chi connectivity index (χ1n) is 8.87. The topological polar surface area (TPSA) is 37.3 Å². The Morgan fingerprint density at radius 1 is 1.09 bits per heavy atom. The Hall–Kier alpha value is 1.48. The molecular weight excluding hydrogens is 348 g/mol. The van der Waals surface area contributed by atoms with Crippen molar-refractivity contribution in [3.05, 3.63) is 0 Å². The predicted octanol–water partition coefficient (Wildman–Crippen LogP) is 6.34. The van der Waals surface area contributed by atoms with Gasteiger partial charge in [0.05, 0.1) is 6.10 Å². The maximum absolute atomic E-state index is 12.6. The molecule has 0 aromatic carbocycles. The molecule has 0 aromatic rings. The van der Waals surface area contributed by atoms with Crippen molar-refractivity contribution in [2.45, 2.75) is 95.2 Å². The maximum atomic E-state index is 12.6. The molecule has 0 spiro atoms. The molecule has 0 bridgehead atoms. The van der Waals surface area contributed by atoms with Crippen molar-refractivity contribution in [2.24, 2.45) is 5.41 Å². The fourth-order valence-corrected chi connectivity index (χ4v) is 10.4. The lowest BCUT2D eigenvalue weighted by atomic mass is 9.98. The molecule has 2 aliphatic rings. The van der Waals surface area contributed by atoms with Gasteiger partial charge in [0.15, 0.2) is 0 Å². The van der Waals surface area contributed by atoms with Gasteiger partial charge in [-0.15, -0.1) is 8.93 Å². The molecule has 2 rings (SSSR count). The van der Waals surface area contributed by atoms with Gasteiger partial charge in [0.25, 0.3) is 0 Å². The van der Waals surface area contributed by atoms with E-state index in [1.165, 1.54) is 32.1 Å². The zero-order valence-electron chi connectivity index (χ0n) is 14.0. The highest BCUT2D eigenvalue weighted by Gasteiger charge is 2.53. The Kier molecular flexibility index (Phi) is 7.42. The number of aliphatic hydroxyl groups is 1. The summed E-state index contributed by atoms with van der Waals surface area (Å²) in [7, 11) is 5.85. The molecular formula is C16H34O2P4. The van der Waals surface area contributed by atoms with Gasteiger partial charge in [0.2, 0.25) is 0 Å². The molecule has 0 amide bonds. The minimum atomic E-state index is -2.02. The zero-order valence-corrected chi connectivity index (χ0v) is 18.2. The van der Waals surface area contributed by atoms with E-state index < -0.39 is 6.52 Å². The van der Waals surface area contributed by atoms with Gasteiger partial charge >= 0.3 is 0 Å². The third kappa shape index (κ3) is 5.78. The summed E-state index contributed by atoms with van der Waals surface area (Å²) in [6.45, 7) is 0.370. The van der Waals surface area contributed by atoms with Crippen molar-refractivity contribution in [3.8, 4) is 0 Å². The van der Waals surface area contributed by atoms with Gasteiger partial charge < -0.3 is 9.67 Å². The van der Waals surface area contributed by atoms with Gasteiger partial charge in [0.1, 0.15) is 6.52 Å². The second kappa shape index (κ2) is 8.24. The van der Waals surface area contributed by atoms with Crippen molar-refractivity contribution in [1.29, 1.82) is 0 Å². The van der Waals surface area contributed by atoms with Crippen LogP contribution in [0.25, 0.3) is 0 Å². The van der Waals surface area contributed by atoms with Crippen molar-refractivity contribution in [3.63, 3.8) is 0 Å². The molecule has 2 saturated carbocycles. The Balaban J connectivity index is 1.50. The molecule has 5 unspecified atom stereocenters. The van der Waals surface area contributed by atoms with E-state index in [9.17, 15) is 9.67 Å². The lowest BCUT2D eigenvalue weighted by Gasteiger charge is -2.22. The second-order valence-corrected chi connectivity index (χ2v) is 19.3. The van der Waals surface area contributed by atoms with E-state index in [2.05, 4.69) is 24.8 Å². The first-order chi connectivity index (χ1) is 10.3. The molecule has 5 atom stereocenters. The summed E-state index contributed by atoms with van der Waals surface area (Å²) in [5.41, 5.74) is 0.661. The van der Waals surface area contributed by atoms with Crippen LogP contribution in [0.5, 0.6) is 0 Å². The highest BCUT2D eigenvalue weighted by atomic mass is 32.6. The normalized spacial score (nSPS) is 26.0. The van der Waals surface area contributed by atoms with Crippen LogP contribution in [0.2, 0.25) is 0 Å². The smallest absolute Gasteiger partial charge is 0.127 e. The summed E-state index contributed by atoms with van der Waals surface area (Å²) in [5.74, 6) is 0. The molecule has 6 heteroatoms. The first-order valence-corrected chi connectivity index (χ1v) is 15.8. The van der Waals surface area contributed by atoms with Gasteiger partial charge in [0, 0.05) is 5.16 Å². The third-order valence-electron chi connectivity index (χ3n) is 5.82. The van der Waals surface area contributed by atoms with Crippen LogP contribution in [-0.2, 0) is 4.57 Å². The Bertz CT molecular complexity index is 405. The van der Waals surface area contributed by atoms with Gasteiger partial charge in [-0.1, -0.05) is 41.5 Å². The summed E-state index contributed by atoms with van der Waals surface area (Å²) in [6.07, 6.45) is 14.0. The minimum Gasteiger partial charge on any atom is -0.393 e. The highest BCUT2D eigenvalue weighted by molar-refractivity contribution is 8.64. The fraction of sp³-hybridized carbons (Fsp3) is 1.00. The lowest BCUT2D eigenvalue weighted by Crippen LogP contribution is -2.08. The van der Waals surface area contributed by atoms with E-state index >= 15 is 0 Å². The Morgan fingerprint density at radius 2 is 1.64 bits per heavy atom. The number of rotatable bonds is 12. The van der Waals surface area contributed by atoms with Crippen LogP contribution in [-0.4, -0.2) is 16.4 Å². The van der Waals surface area contributed by atoms with Crippen LogP contribution in [0.3, 0.4) is 0 Å². The lowest BCUT2D eigenvalue weighted by molar-refractivity contribution is 0.146. The predicted molar refractivity (Wildman–Crippen MR) is 108 cm³/mol. The summed E-state index contributed by atoms with van der Waals surface area (Å²) in [5, 5.41) is 10.2. The Labute approximate surface area is 143 Å². The van der Waals surface area contributed by atoms with E-state index in [1.807, 2.05) is 0 Å². The van der Waals surface area contributed by atoms with Gasteiger partial charge in [-0.25, -0.2) is 0 Å². The average Bonchev–Trinajstić information content (AvgIpc) is 3.38. The summed E-state index contributed by atoms with van der Waals surface area (Å²) >= 11 is 0. The van der Waals surface area contributed by atoms with E-state index in [0.717, 1.165) is 44.9 Å². The summed E-state index contributed by atoms with van der Waals surface area (Å²) in [6, 6.07) is 0. The monoisotopic (exact) mass is 382 g/mol. The standard InChI is InChI=1S/C16H34O2P4/c1-15(10-11-15)8-4-2-6-14(17)7-3-5-9-16(12-13-16)22(18,20)21-19/h14,17,21H,2-13,19-20H2,1H3. The summed E-state index contributed by atoms with van der Waals surface area (Å²) < 4.78 is 12.6. The van der Waals surface area contributed by atoms with Crippen LogP contribution >= 0.6 is 32.3 Å². The van der Waals surface area contributed by atoms with E-state index in [1.54, 1.807) is 0 Å². The fourth-order valence-electron chi connectivity index (χ4n) is 3.40. The molecule has 2 nitrogen and oxygen atoms in total. The van der Waals surface area contributed by atoms with Crippen LogP contribution in [0.1, 0.15) is 84.0 Å². The molecule has 1 N–H and O–H groups in total. The van der Waals surface area contributed by atoms with Crippen molar-refractivity contribution >= 4 is 32.3 Å². The Morgan fingerprint density at radius 3 is 2.09 bits per heavy atom. The molecule has 0 saturated heterocycles. The zero-order chi connectivity index (χ0) is 16.3. The molecule has 2 aliphatic carbocycles. The number of unbranched alkanes of at least 4 members (excludes halogenated alkanes) is 2. The molecule has 0 aliphatic heterocycles. The van der Waals surface area contributed by atoms with Crippen LogP contribution in [0.15, 0.2) is 0 Å². The molecule has 130 valence electrons. The van der Waals surface area contributed by atoms with Gasteiger partial charge in [-0.3, -0.25) is 0 Å². The number of aliphatic hydroxyl groups excluding tert-OH is 1. The second-order valence-electron chi connectivity index (χ2n) is 7.97. The van der Waals surface area contributed by atoms with E-state index in [0.29, 0.717) is 13.4 Å². The van der Waals surface area contributed by atoms with Crippen LogP contribution in [0, 0.1) is 5.41 Å². The molecule has 0 heterocycles. The van der Waals surface area contributed by atoms with Gasteiger partial charge in [-0.2, -0.15) is 0 Å². The SMILES string of the molecule is CC1(CCCCC(O)CCCCC2(P(=O)(P)PP)CC2)CC1. The van der Waals surface area contributed by atoms with Crippen molar-refractivity contribution < 1.29 is 9.67 Å². The maximum Gasteiger partial charge on any atom is 0.127 e. The van der Waals surface area contributed by atoms with E-state index in [4.69, 9.17) is 0 Å². The number of hydrogen-bond donors (Lipinski definition) is 1.